The van der Waals surface area contributed by atoms with Gasteiger partial charge in [-0.25, -0.2) is 9.78 Å². The number of methoxy groups -OCH3 is 1. The van der Waals surface area contributed by atoms with E-state index in [1.165, 1.54) is 7.11 Å². The van der Waals surface area contributed by atoms with E-state index < -0.39 is 0 Å². The lowest BCUT2D eigenvalue weighted by Crippen LogP contribution is -2.00. The molecule has 5 heteroatoms. The van der Waals surface area contributed by atoms with Gasteiger partial charge in [-0.2, -0.15) is 0 Å². The van der Waals surface area contributed by atoms with Crippen molar-refractivity contribution in [2.24, 2.45) is 0 Å². The van der Waals surface area contributed by atoms with Crippen LogP contribution in [0.4, 0.5) is 0 Å². The summed E-state index contributed by atoms with van der Waals surface area (Å²) < 4.78 is 5.25. The summed E-state index contributed by atoms with van der Waals surface area (Å²) in [5.41, 5.74) is 3.79. The van der Waals surface area contributed by atoms with E-state index in [1.807, 2.05) is 36.4 Å². The zero-order valence-corrected chi connectivity index (χ0v) is 12.1. The van der Waals surface area contributed by atoms with Crippen molar-refractivity contribution < 1.29 is 9.53 Å². The Kier molecular flexibility index (Phi) is 3.50. The first-order chi connectivity index (χ1) is 10.2. The maximum Gasteiger partial charge on any atom is 0.337 e. The predicted octanol–water partition coefficient (Wildman–Crippen LogP) is 3.75. The second-order valence-corrected chi connectivity index (χ2v) is 4.91. The number of carbonyl (C=O) groups is 1. The molecule has 21 heavy (non-hydrogen) atoms. The van der Waals surface area contributed by atoms with Crippen molar-refractivity contribution in [3.05, 3.63) is 58.7 Å². The molecular weight excluding hydrogens is 284 g/mol. The summed E-state index contributed by atoms with van der Waals surface area (Å²) in [5.74, 6) is -0.363. The van der Waals surface area contributed by atoms with Crippen molar-refractivity contribution >= 4 is 29.2 Å². The first-order valence-electron chi connectivity index (χ1n) is 6.37. The van der Waals surface area contributed by atoms with Gasteiger partial charge in [0.15, 0.2) is 0 Å². The second-order valence-electron chi connectivity index (χ2n) is 4.50. The SMILES string of the molecule is COC(=O)c1ccc(-c2nc3ccccc3[nH]c2=S)cc1. The third-order valence-electron chi connectivity index (χ3n) is 3.18. The number of nitrogens with one attached hydrogen (secondary N) is 1. The molecule has 0 amide bonds. The molecule has 0 radical (unpaired) electrons. The number of aromatic amines is 1. The predicted molar refractivity (Wildman–Crippen MR) is 83.7 cm³/mol. The number of benzene rings is 2. The number of H-pyrrole nitrogens is 1. The van der Waals surface area contributed by atoms with Gasteiger partial charge in [0.1, 0.15) is 10.3 Å². The van der Waals surface area contributed by atoms with Crippen molar-refractivity contribution in [1.29, 1.82) is 0 Å². The lowest BCUT2D eigenvalue weighted by molar-refractivity contribution is 0.0601. The van der Waals surface area contributed by atoms with Crippen LogP contribution < -0.4 is 0 Å². The first-order valence-corrected chi connectivity index (χ1v) is 6.77. The molecule has 0 saturated carbocycles. The number of rotatable bonds is 2. The van der Waals surface area contributed by atoms with Crippen molar-refractivity contribution in [2.45, 2.75) is 0 Å². The Hall–Kier alpha value is -2.53. The van der Waals surface area contributed by atoms with Gasteiger partial charge in [0.05, 0.1) is 23.7 Å². The Morgan fingerprint density at radius 1 is 1.14 bits per heavy atom. The Labute approximate surface area is 126 Å². The molecule has 0 atom stereocenters. The number of hydrogen-bond acceptors (Lipinski definition) is 4. The number of hydrogen-bond donors (Lipinski definition) is 1. The van der Waals surface area contributed by atoms with Crippen LogP contribution in [0, 0.1) is 4.64 Å². The van der Waals surface area contributed by atoms with Crippen LogP contribution >= 0.6 is 12.2 Å². The standard InChI is InChI=1S/C16H12N2O2S/c1-20-16(19)11-8-6-10(7-9-11)14-15(21)18-13-5-3-2-4-12(13)17-14/h2-9H,1H3,(H,18,21). The summed E-state index contributed by atoms with van der Waals surface area (Å²) in [4.78, 5) is 19.2. The molecule has 104 valence electrons. The third-order valence-corrected chi connectivity index (χ3v) is 3.47. The molecule has 0 spiro atoms. The lowest BCUT2D eigenvalue weighted by Gasteiger charge is -2.05. The highest BCUT2D eigenvalue weighted by Crippen LogP contribution is 2.21. The van der Waals surface area contributed by atoms with Crippen LogP contribution in [-0.2, 0) is 4.74 Å². The maximum atomic E-state index is 11.4. The van der Waals surface area contributed by atoms with Crippen molar-refractivity contribution in [3.8, 4) is 11.3 Å². The van der Waals surface area contributed by atoms with Crippen LogP contribution in [0.15, 0.2) is 48.5 Å². The first kappa shape index (κ1) is 13.5. The average molecular weight is 296 g/mol. The second kappa shape index (κ2) is 5.46. The molecule has 2 aromatic carbocycles. The molecule has 1 heterocycles. The molecule has 3 aromatic rings. The van der Waals surface area contributed by atoms with Gasteiger partial charge in [0.25, 0.3) is 0 Å². The van der Waals surface area contributed by atoms with E-state index in [0.717, 1.165) is 16.6 Å². The van der Waals surface area contributed by atoms with Gasteiger partial charge in [0, 0.05) is 5.56 Å². The summed E-state index contributed by atoms with van der Waals surface area (Å²) >= 11 is 5.36. The number of ether oxygens (including phenoxy) is 1. The zero-order valence-electron chi connectivity index (χ0n) is 11.3. The Bertz CT molecular complexity index is 869. The topological polar surface area (TPSA) is 55.0 Å². The van der Waals surface area contributed by atoms with E-state index in [2.05, 4.69) is 14.7 Å². The molecule has 1 aromatic heterocycles. The molecule has 0 fully saturated rings. The molecule has 0 bridgehead atoms. The summed E-state index contributed by atoms with van der Waals surface area (Å²) in [6.07, 6.45) is 0. The third kappa shape index (κ3) is 2.55. The van der Waals surface area contributed by atoms with E-state index >= 15 is 0 Å². The fourth-order valence-corrected chi connectivity index (χ4v) is 2.38. The molecular formula is C16H12N2O2S. The summed E-state index contributed by atoms with van der Waals surface area (Å²) in [6, 6.07) is 14.7. The molecule has 4 nitrogen and oxygen atoms in total. The van der Waals surface area contributed by atoms with Gasteiger partial charge >= 0.3 is 5.97 Å². The molecule has 0 saturated heterocycles. The zero-order chi connectivity index (χ0) is 14.8. The van der Waals surface area contributed by atoms with Crippen molar-refractivity contribution in [1.82, 2.24) is 9.97 Å². The molecule has 1 N–H and O–H groups in total. The lowest BCUT2D eigenvalue weighted by atomic mass is 10.1. The van der Waals surface area contributed by atoms with Crippen molar-refractivity contribution in [2.75, 3.05) is 7.11 Å². The monoisotopic (exact) mass is 296 g/mol. The van der Waals surface area contributed by atoms with E-state index in [4.69, 9.17) is 12.2 Å². The van der Waals surface area contributed by atoms with Crippen LogP contribution in [-0.4, -0.2) is 23.0 Å². The number of carbonyl (C=O) groups excluding carboxylic acids is 1. The highest BCUT2D eigenvalue weighted by atomic mass is 32.1. The fourth-order valence-electron chi connectivity index (χ4n) is 2.11. The van der Waals surface area contributed by atoms with E-state index in [-0.39, 0.29) is 5.97 Å². The average Bonchev–Trinajstić information content (AvgIpc) is 2.53. The van der Waals surface area contributed by atoms with Crippen molar-refractivity contribution in [3.63, 3.8) is 0 Å². The van der Waals surface area contributed by atoms with Crippen LogP contribution in [0.1, 0.15) is 10.4 Å². The highest BCUT2D eigenvalue weighted by molar-refractivity contribution is 7.71. The summed E-state index contributed by atoms with van der Waals surface area (Å²) in [6.45, 7) is 0. The maximum absolute atomic E-state index is 11.4. The molecule has 0 aliphatic carbocycles. The molecule has 0 unspecified atom stereocenters. The summed E-state index contributed by atoms with van der Waals surface area (Å²) in [7, 11) is 1.36. The van der Waals surface area contributed by atoms with Gasteiger partial charge in [-0.05, 0) is 24.3 Å². The molecule has 3 rings (SSSR count). The van der Waals surface area contributed by atoms with Gasteiger partial charge in [-0.3, -0.25) is 0 Å². The Balaban J connectivity index is 2.09. The minimum atomic E-state index is -0.363. The van der Waals surface area contributed by atoms with E-state index in [1.54, 1.807) is 12.1 Å². The molecule has 0 aliphatic heterocycles. The quantitative estimate of drug-likeness (QED) is 0.578. The van der Waals surface area contributed by atoms with Crippen LogP contribution in [0.25, 0.3) is 22.3 Å². The van der Waals surface area contributed by atoms with Crippen LogP contribution in [0.2, 0.25) is 0 Å². The minimum Gasteiger partial charge on any atom is -0.465 e. The number of aromatic nitrogens is 2. The van der Waals surface area contributed by atoms with Gasteiger partial charge < -0.3 is 9.72 Å². The smallest absolute Gasteiger partial charge is 0.337 e. The van der Waals surface area contributed by atoms with E-state index in [9.17, 15) is 4.79 Å². The largest absolute Gasteiger partial charge is 0.465 e. The number of nitrogens with zero attached hydrogens (tertiary/aromatic N) is 1. The Morgan fingerprint density at radius 3 is 2.57 bits per heavy atom. The number of fused-ring (bicyclic) bond motifs is 1. The van der Waals surface area contributed by atoms with Crippen LogP contribution in [0.5, 0.6) is 0 Å². The Morgan fingerprint density at radius 2 is 1.86 bits per heavy atom. The minimum absolute atomic E-state index is 0.363. The number of esters is 1. The fraction of sp³-hybridized carbons (Fsp3) is 0.0625. The van der Waals surface area contributed by atoms with Gasteiger partial charge in [0.2, 0.25) is 0 Å². The normalized spacial score (nSPS) is 10.5. The van der Waals surface area contributed by atoms with Gasteiger partial charge in [-0.15, -0.1) is 0 Å². The van der Waals surface area contributed by atoms with E-state index in [0.29, 0.717) is 15.9 Å². The van der Waals surface area contributed by atoms with Crippen LogP contribution in [0.3, 0.4) is 0 Å². The molecule has 0 aliphatic rings. The highest BCUT2D eigenvalue weighted by Gasteiger charge is 2.08. The number of para-hydroxylation sites is 2. The van der Waals surface area contributed by atoms with Gasteiger partial charge in [-0.1, -0.05) is 36.5 Å². The summed E-state index contributed by atoms with van der Waals surface area (Å²) in [5, 5.41) is 0.